The molecule has 0 aliphatic carbocycles. The molecule has 0 saturated carbocycles. The largest absolute Gasteiger partial charge is 0.378 e. The molecule has 1 unspecified atom stereocenters. The highest BCUT2D eigenvalue weighted by Crippen LogP contribution is 2.29. The molecule has 1 aromatic rings. The highest BCUT2D eigenvalue weighted by Gasteiger charge is 2.39. The van der Waals surface area contributed by atoms with E-state index in [2.05, 4.69) is 10.6 Å². The molecule has 2 aliphatic heterocycles. The lowest BCUT2D eigenvalue weighted by atomic mass is 10.0. The maximum atomic E-state index is 12.8. The molecule has 2 heterocycles. The second kappa shape index (κ2) is 10.4. The van der Waals surface area contributed by atoms with Crippen LogP contribution in [-0.4, -0.2) is 68.2 Å². The third-order valence-electron chi connectivity index (χ3n) is 5.05. The summed E-state index contributed by atoms with van der Waals surface area (Å²) in [5.41, 5.74) is 7.93. The minimum atomic E-state index is -0.594. The lowest BCUT2D eigenvalue weighted by Gasteiger charge is -2.29. The van der Waals surface area contributed by atoms with Crippen molar-refractivity contribution < 1.29 is 23.9 Å². The molecule has 0 radical (unpaired) electrons. The molecule has 9 nitrogen and oxygen atoms in total. The summed E-state index contributed by atoms with van der Waals surface area (Å²) in [7, 11) is 0. The fourth-order valence-corrected chi connectivity index (χ4v) is 3.59. The molecular weight excluding hydrogens is 376 g/mol. The average molecular weight is 404 g/mol. The van der Waals surface area contributed by atoms with E-state index in [4.69, 9.17) is 15.2 Å². The number of nitrogens with one attached hydrogen (secondary N) is 2. The van der Waals surface area contributed by atoms with Crippen molar-refractivity contribution >= 4 is 17.7 Å². The summed E-state index contributed by atoms with van der Waals surface area (Å²) in [6, 6.07) is 5.03. The van der Waals surface area contributed by atoms with Gasteiger partial charge in [0.15, 0.2) is 0 Å². The third-order valence-corrected chi connectivity index (χ3v) is 5.05. The van der Waals surface area contributed by atoms with Gasteiger partial charge in [-0.25, -0.2) is 0 Å². The van der Waals surface area contributed by atoms with Gasteiger partial charge < -0.3 is 25.4 Å². The van der Waals surface area contributed by atoms with Gasteiger partial charge in [0.05, 0.1) is 26.4 Å². The maximum absolute atomic E-state index is 12.8. The first kappa shape index (κ1) is 21.4. The molecule has 3 rings (SSSR count). The molecule has 2 aliphatic rings. The van der Waals surface area contributed by atoms with Crippen molar-refractivity contribution in [2.75, 3.05) is 39.5 Å². The smallest absolute Gasteiger partial charge is 0.255 e. The molecule has 4 N–H and O–H groups in total. The summed E-state index contributed by atoms with van der Waals surface area (Å²) < 4.78 is 10.7. The first-order valence-electron chi connectivity index (χ1n) is 9.93. The van der Waals surface area contributed by atoms with Crippen LogP contribution in [0.3, 0.4) is 0 Å². The van der Waals surface area contributed by atoms with E-state index in [-0.39, 0.29) is 18.2 Å². The molecule has 1 aromatic carbocycles. The van der Waals surface area contributed by atoms with Crippen molar-refractivity contribution in [2.45, 2.75) is 32.0 Å². The number of imide groups is 1. The van der Waals surface area contributed by atoms with Gasteiger partial charge in [-0.05, 0) is 23.6 Å². The van der Waals surface area contributed by atoms with Crippen LogP contribution in [0.15, 0.2) is 18.2 Å². The number of rotatable bonds is 11. The maximum Gasteiger partial charge on any atom is 0.255 e. The molecule has 0 aromatic heterocycles. The number of nitrogens with two attached hydrogens (primary N) is 1. The Labute approximate surface area is 169 Å². The quantitative estimate of drug-likeness (QED) is 0.337. The first-order chi connectivity index (χ1) is 14.1. The number of hydrogen-bond acceptors (Lipinski definition) is 7. The average Bonchev–Trinajstić information content (AvgIpc) is 3.04. The highest BCUT2D eigenvalue weighted by molar-refractivity contribution is 6.05. The van der Waals surface area contributed by atoms with E-state index in [1.54, 1.807) is 11.0 Å². The van der Waals surface area contributed by atoms with Gasteiger partial charge >= 0.3 is 0 Å². The van der Waals surface area contributed by atoms with Gasteiger partial charge in [-0.2, -0.15) is 0 Å². The second-order valence-corrected chi connectivity index (χ2v) is 7.03. The predicted octanol–water partition coefficient (Wildman–Crippen LogP) is -0.471. The van der Waals surface area contributed by atoms with Gasteiger partial charge in [-0.15, -0.1) is 0 Å². The molecule has 29 heavy (non-hydrogen) atoms. The number of fused-ring (bicyclic) bond motifs is 1. The number of nitrogens with zero attached hydrogens (tertiary/aromatic N) is 1. The molecule has 1 atom stereocenters. The fourth-order valence-electron chi connectivity index (χ4n) is 3.59. The standard InChI is InChI=1S/C20H28N4O5/c21-6-8-28-10-11-29-9-7-22-12-14-2-1-3-15-16(14)13-24(20(15)27)17-4-5-18(25)23-19(17)26/h1-3,17,22H,4-13,21H2,(H,23,25,26). The number of carbonyl (C=O) groups is 3. The monoisotopic (exact) mass is 404 g/mol. The van der Waals surface area contributed by atoms with Crippen LogP contribution in [0.25, 0.3) is 0 Å². The Morgan fingerprint density at radius 2 is 1.93 bits per heavy atom. The Hall–Kier alpha value is -2.33. The van der Waals surface area contributed by atoms with Crippen LogP contribution in [0.1, 0.15) is 34.3 Å². The van der Waals surface area contributed by atoms with Crippen molar-refractivity contribution in [3.8, 4) is 0 Å². The van der Waals surface area contributed by atoms with E-state index >= 15 is 0 Å². The van der Waals surface area contributed by atoms with Crippen LogP contribution >= 0.6 is 0 Å². The van der Waals surface area contributed by atoms with Crippen molar-refractivity contribution in [1.82, 2.24) is 15.5 Å². The highest BCUT2D eigenvalue weighted by atomic mass is 16.5. The number of hydrogen-bond donors (Lipinski definition) is 3. The normalized spacial score (nSPS) is 18.9. The molecule has 3 amide bonds. The molecule has 1 saturated heterocycles. The Balaban J connectivity index is 1.49. The molecule has 158 valence electrons. The lowest BCUT2D eigenvalue weighted by Crippen LogP contribution is -2.52. The zero-order chi connectivity index (χ0) is 20.6. The summed E-state index contributed by atoms with van der Waals surface area (Å²) >= 11 is 0. The van der Waals surface area contributed by atoms with Crippen LogP contribution in [0, 0.1) is 0 Å². The van der Waals surface area contributed by atoms with Crippen LogP contribution in [-0.2, 0) is 32.2 Å². The van der Waals surface area contributed by atoms with Gasteiger partial charge in [0.25, 0.3) is 5.91 Å². The van der Waals surface area contributed by atoms with Crippen molar-refractivity contribution in [3.63, 3.8) is 0 Å². The van der Waals surface area contributed by atoms with Gasteiger partial charge in [0, 0.05) is 38.2 Å². The van der Waals surface area contributed by atoms with E-state index in [1.165, 1.54) is 0 Å². The summed E-state index contributed by atoms with van der Waals surface area (Å²) in [4.78, 5) is 37.9. The van der Waals surface area contributed by atoms with Crippen LogP contribution in [0.2, 0.25) is 0 Å². The number of amides is 3. The van der Waals surface area contributed by atoms with E-state index in [9.17, 15) is 14.4 Å². The fraction of sp³-hybridized carbons (Fsp3) is 0.550. The first-order valence-corrected chi connectivity index (χ1v) is 9.93. The van der Waals surface area contributed by atoms with E-state index < -0.39 is 11.9 Å². The van der Waals surface area contributed by atoms with E-state index in [0.29, 0.717) is 64.6 Å². The molecular formula is C20H28N4O5. The van der Waals surface area contributed by atoms with Gasteiger partial charge in [0.1, 0.15) is 6.04 Å². The number of piperidine rings is 1. The van der Waals surface area contributed by atoms with Crippen molar-refractivity contribution in [3.05, 3.63) is 34.9 Å². The Bertz CT molecular complexity index is 754. The van der Waals surface area contributed by atoms with Crippen LogP contribution < -0.4 is 16.4 Å². The van der Waals surface area contributed by atoms with Crippen molar-refractivity contribution in [1.29, 1.82) is 0 Å². The van der Waals surface area contributed by atoms with E-state index in [0.717, 1.165) is 11.1 Å². The SMILES string of the molecule is NCCOCCOCCNCc1cccc2c1CN(C1CCC(=O)NC1=O)C2=O. The zero-order valence-electron chi connectivity index (χ0n) is 16.4. The lowest BCUT2D eigenvalue weighted by molar-refractivity contribution is -0.136. The molecule has 0 bridgehead atoms. The summed E-state index contributed by atoms with van der Waals surface area (Å²) in [5.74, 6) is -0.833. The number of ether oxygens (including phenoxy) is 2. The van der Waals surface area contributed by atoms with Gasteiger partial charge in [0.2, 0.25) is 11.8 Å². The van der Waals surface area contributed by atoms with Crippen molar-refractivity contribution in [2.24, 2.45) is 5.73 Å². The zero-order valence-corrected chi connectivity index (χ0v) is 16.4. The summed E-state index contributed by atoms with van der Waals surface area (Å²) in [5, 5.41) is 5.64. The Kier molecular flexibility index (Phi) is 7.70. The van der Waals surface area contributed by atoms with Gasteiger partial charge in [-0.3, -0.25) is 19.7 Å². The second-order valence-electron chi connectivity index (χ2n) is 7.03. The van der Waals surface area contributed by atoms with Gasteiger partial charge in [-0.1, -0.05) is 12.1 Å². The minimum absolute atomic E-state index is 0.155. The summed E-state index contributed by atoms with van der Waals surface area (Å²) in [6.45, 7) is 4.31. The topological polar surface area (TPSA) is 123 Å². The molecule has 9 heteroatoms. The Morgan fingerprint density at radius 1 is 1.14 bits per heavy atom. The number of benzene rings is 1. The van der Waals surface area contributed by atoms with Crippen LogP contribution in [0.4, 0.5) is 0 Å². The third kappa shape index (κ3) is 5.39. The summed E-state index contributed by atoms with van der Waals surface area (Å²) in [6.07, 6.45) is 0.618. The molecule has 1 fully saturated rings. The Morgan fingerprint density at radius 3 is 2.69 bits per heavy atom. The minimum Gasteiger partial charge on any atom is -0.378 e. The predicted molar refractivity (Wildman–Crippen MR) is 105 cm³/mol. The van der Waals surface area contributed by atoms with E-state index in [1.807, 2.05) is 12.1 Å². The number of carbonyl (C=O) groups excluding carboxylic acids is 3. The van der Waals surface area contributed by atoms with Crippen LogP contribution in [0.5, 0.6) is 0 Å². The molecule has 0 spiro atoms.